The zero-order valence-electron chi connectivity index (χ0n) is 11.7. The van der Waals surface area contributed by atoms with Crippen molar-refractivity contribution in [1.82, 2.24) is 14.8 Å². The number of anilines is 1. The Morgan fingerprint density at radius 3 is 2.62 bits per heavy atom. The number of hydrogen-bond acceptors (Lipinski definition) is 6. The predicted octanol–water partition coefficient (Wildman–Crippen LogP) is 0.876. The smallest absolute Gasteiger partial charge is 0.277 e. The van der Waals surface area contributed by atoms with Crippen molar-refractivity contribution in [2.75, 3.05) is 4.72 Å². The Bertz CT molecular complexity index is 791. The van der Waals surface area contributed by atoms with Crippen LogP contribution in [0.2, 0.25) is 0 Å². The summed E-state index contributed by atoms with van der Waals surface area (Å²) in [5.74, 6) is -0.698. The minimum atomic E-state index is -3.79. The summed E-state index contributed by atoms with van der Waals surface area (Å²) in [4.78, 5) is 14.9. The van der Waals surface area contributed by atoms with Gasteiger partial charge in [-0.15, -0.1) is 0 Å². The first-order valence-electron chi connectivity index (χ1n) is 6.08. The Balaban J connectivity index is 2.38. The van der Waals surface area contributed by atoms with E-state index < -0.39 is 15.9 Å². The number of nitrogens with two attached hydrogens (primary N) is 1. The average molecular weight is 329 g/mol. The number of thiazole rings is 1. The van der Waals surface area contributed by atoms with E-state index >= 15 is 0 Å². The zero-order valence-corrected chi connectivity index (χ0v) is 13.4. The van der Waals surface area contributed by atoms with Gasteiger partial charge in [0.25, 0.3) is 15.9 Å². The number of primary amides is 1. The van der Waals surface area contributed by atoms with E-state index in [4.69, 9.17) is 5.73 Å². The summed E-state index contributed by atoms with van der Waals surface area (Å²) >= 11 is 0.884. The van der Waals surface area contributed by atoms with Crippen molar-refractivity contribution in [3.8, 4) is 0 Å². The highest BCUT2D eigenvalue weighted by Crippen LogP contribution is 2.25. The van der Waals surface area contributed by atoms with Crippen molar-refractivity contribution in [2.24, 2.45) is 5.73 Å². The fourth-order valence-corrected chi connectivity index (χ4v) is 4.36. The number of hydrogen-bond donors (Lipinski definition) is 2. The van der Waals surface area contributed by atoms with Crippen LogP contribution in [0.5, 0.6) is 0 Å². The van der Waals surface area contributed by atoms with Gasteiger partial charge in [-0.1, -0.05) is 11.3 Å². The fourth-order valence-electron chi connectivity index (χ4n) is 2.00. The Morgan fingerprint density at radius 2 is 2.14 bits per heavy atom. The molecule has 0 radical (unpaired) electrons. The van der Waals surface area contributed by atoms with Crippen molar-refractivity contribution < 1.29 is 13.2 Å². The summed E-state index contributed by atoms with van der Waals surface area (Å²) in [7, 11) is -3.79. The molecule has 0 aliphatic heterocycles. The zero-order chi connectivity index (χ0) is 15.8. The molecule has 0 bridgehead atoms. The summed E-state index contributed by atoms with van der Waals surface area (Å²) in [6, 6.07) is 0. The maximum absolute atomic E-state index is 12.4. The molecule has 0 saturated carbocycles. The van der Waals surface area contributed by atoms with Gasteiger partial charge in [-0.2, -0.15) is 5.10 Å². The minimum Gasteiger partial charge on any atom is -0.364 e. The maximum Gasteiger partial charge on any atom is 0.277 e. The molecule has 8 nitrogen and oxygen atoms in total. The predicted molar refractivity (Wildman–Crippen MR) is 78.8 cm³/mol. The van der Waals surface area contributed by atoms with Crippen LogP contribution in [0.1, 0.15) is 28.1 Å². The summed E-state index contributed by atoms with van der Waals surface area (Å²) in [6.45, 7) is 5.79. The van der Waals surface area contributed by atoms with Crippen LogP contribution < -0.4 is 10.5 Å². The third kappa shape index (κ3) is 2.90. The van der Waals surface area contributed by atoms with Crippen molar-refractivity contribution in [3.63, 3.8) is 0 Å². The summed E-state index contributed by atoms with van der Waals surface area (Å²) in [5.41, 5.74) is 6.07. The number of carbonyl (C=O) groups is 1. The molecule has 2 aromatic heterocycles. The third-order valence-corrected chi connectivity index (χ3v) is 5.51. The highest BCUT2D eigenvalue weighted by Gasteiger charge is 2.25. The molecule has 0 aliphatic rings. The molecular formula is C11H15N5O3S2. The lowest BCUT2D eigenvalue weighted by Crippen LogP contribution is -2.14. The first-order valence-corrected chi connectivity index (χ1v) is 8.38. The normalized spacial score (nSPS) is 11.6. The molecule has 3 N–H and O–H groups in total. The van der Waals surface area contributed by atoms with E-state index in [2.05, 4.69) is 14.8 Å². The van der Waals surface area contributed by atoms with E-state index in [0.717, 1.165) is 11.3 Å². The molecule has 2 aromatic rings. The van der Waals surface area contributed by atoms with Gasteiger partial charge in [0.15, 0.2) is 5.01 Å². The topological polar surface area (TPSA) is 120 Å². The van der Waals surface area contributed by atoms with Gasteiger partial charge in [0.05, 0.1) is 17.6 Å². The summed E-state index contributed by atoms with van der Waals surface area (Å²) < 4.78 is 28.9. The molecule has 0 aromatic carbocycles. The van der Waals surface area contributed by atoms with Crippen molar-refractivity contribution in [2.45, 2.75) is 32.2 Å². The lowest BCUT2D eigenvalue weighted by Gasteiger charge is -2.06. The van der Waals surface area contributed by atoms with E-state index in [1.54, 1.807) is 18.5 Å². The molecule has 10 heteroatoms. The highest BCUT2D eigenvalue weighted by atomic mass is 32.2. The van der Waals surface area contributed by atoms with Gasteiger partial charge in [-0.05, 0) is 20.8 Å². The van der Waals surface area contributed by atoms with Crippen LogP contribution in [0.4, 0.5) is 5.00 Å². The first-order chi connectivity index (χ1) is 9.76. The van der Waals surface area contributed by atoms with Crippen LogP contribution >= 0.6 is 11.3 Å². The quantitative estimate of drug-likeness (QED) is 0.843. The molecule has 0 fully saturated rings. The monoisotopic (exact) mass is 329 g/mol. The number of nitrogens with zero attached hydrogens (tertiary/aromatic N) is 3. The van der Waals surface area contributed by atoms with Crippen LogP contribution in [-0.2, 0) is 16.6 Å². The fraction of sp³-hybridized carbons (Fsp3) is 0.364. The van der Waals surface area contributed by atoms with Crippen LogP contribution in [0, 0.1) is 13.8 Å². The van der Waals surface area contributed by atoms with Gasteiger partial charge in [-0.3, -0.25) is 14.2 Å². The van der Waals surface area contributed by atoms with E-state index in [-0.39, 0.29) is 14.9 Å². The number of aryl methyl sites for hydroxylation is 2. The molecule has 0 aliphatic carbocycles. The van der Waals surface area contributed by atoms with Crippen LogP contribution in [0.15, 0.2) is 11.1 Å². The SMILES string of the molecule is CCn1nc(C)c(S(=O)(=O)Nc2cnc(C(N)=O)s2)c1C. The number of amides is 1. The first kappa shape index (κ1) is 15.4. The Morgan fingerprint density at radius 1 is 1.48 bits per heavy atom. The Labute approximate surface area is 126 Å². The van der Waals surface area contributed by atoms with Gasteiger partial charge in [0.2, 0.25) is 0 Å². The van der Waals surface area contributed by atoms with E-state index in [0.29, 0.717) is 17.9 Å². The molecule has 2 rings (SSSR count). The van der Waals surface area contributed by atoms with Crippen molar-refractivity contribution >= 4 is 32.3 Å². The largest absolute Gasteiger partial charge is 0.364 e. The van der Waals surface area contributed by atoms with Gasteiger partial charge >= 0.3 is 0 Å². The third-order valence-electron chi connectivity index (χ3n) is 2.83. The molecule has 114 valence electrons. The second kappa shape index (κ2) is 5.45. The maximum atomic E-state index is 12.4. The number of aromatic nitrogens is 3. The molecule has 1 amide bonds. The number of nitrogens with one attached hydrogen (secondary N) is 1. The van der Waals surface area contributed by atoms with Crippen molar-refractivity contribution in [1.29, 1.82) is 0 Å². The molecule has 21 heavy (non-hydrogen) atoms. The van der Waals surface area contributed by atoms with Crippen molar-refractivity contribution in [3.05, 3.63) is 22.6 Å². The molecule has 2 heterocycles. The number of rotatable bonds is 5. The molecule has 0 saturated heterocycles. The van der Waals surface area contributed by atoms with Gasteiger partial charge < -0.3 is 5.73 Å². The summed E-state index contributed by atoms with van der Waals surface area (Å²) in [6.07, 6.45) is 1.26. The Hall–Kier alpha value is -1.94. The standard InChI is InChI=1S/C11H15N5O3S2/c1-4-16-7(3)9(6(2)14-16)21(18,19)15-8-5-13-11(20-8)10(12)17/h5,15H,4H2,1-3H3,(H2,12,17). The van der Waals surface area contributed by atoms with Gasteiger partial charge in [-0.25, -0.2) is 13.4 Å². The summed E-state index contributed by atoms with van der Waals surface area (Å²) in [5, 5.41) is 4.46. The second-order valence-corrected chi connectivity index (χ2v) is 6.97. The number of carbonyl (C=O) groups excluding carboxylic acids is 1. The molecule has 0 unspecified atom stereocenters. The number of sulfonamides is 1. The molecule has 0 atom stereocenters. The second-order valence-electron chi connectivity index (χ2n) is 4.32. The average Bonchev–Trinajstić information content (AvgIpc) is 2.93. The minimum absolute atomic E-state index is 0.0467. The Kier molecular flexibility index (Phi) is 4.01. The van der Waals surface area contributed by atoms with E-state index in [1.807, 2.05) is 6.92 Å². The lowest BCUT2D eigenvalue weighted by molar-refractivity contribution is 0.1000. The lowest BCUT2D eigenvalue weighted by atomic mass is 10.4. The van der Waals surface area contributed by atoms with Crippen LogP contribution in [0.3, 0.4) is 0 Å². The molecular weight excluding hydrogens is 314 g/mol. The van der Waals surface area contributed by atoms with E-state index in [1.165, 1.54) is 6.20 Å². The van der Waals surface area contributed by atoms with Gasteiger partial charge in [0, 0.05) is 6.54 Å². The van der Waals surface area contributed by atoms with Crippen LogP contribution in [0.25, 0.3) is 0 Å². The van der Waals surface area contributed by atoms with Crippen LogP contribution in [-0.4, -0.2) is 29.1 Å². The van der Waals surface area contributed by atoms with Gasteiger partial charge in [0.1, 0.15) is 9.90 Å². The van der Waals surface area contributed by atoms with E-state index in [9.17, 15) is 13.2 Å². The molecule has 0 spiro atoms. The highest BCUT2D eigenvalue weighted by molar-refractivity contribution is 7.93.